The minimum absolute atomic E-state index is 0.182. The summed E-state index contributed by atoms with van der Waals surface area (Å²) >= 11 is 0. The van der Waals surface area contributed by atoms with Crippen LogP contribution in [0.3, 0.4) is 0 Å². The summed E-state index contributed by atoms with van der Waals surface area (Å²) in [5.41, 5.74) is 4.99. The molecule has 1 rings (SSSR count). The number of esters is 1. The maximum Gasteiger partial charge on any atom is 0.313 e. The second-order valence-corrected chi connectivity index (χ2v) is 4.56. The zero-order valence-corrected chi connectivity index (χ0v) is 10.8. The van der Waals surface area contributed by atoms with E-state index in [1.165, 1.54) is 13.4 Å². The lowest BCUT2D eigenvalue weighted by molar-refractivity contribution is -0.150. The molecule has 0 fully saturated rings. The predicted molar refractivity (Wildman–Crippen MR) is 64.7 cm³/mol. The van der Waals surface area contributed by atoms with Gasteiger partial charge in [0.2, 0.25) is 0 Å². The number of hydrogen-bond acceptors (Lipinski definition) is 5. The van der Waals surface area contributed by atoms with Crippen LogP contribution in [-0.2, 0) is 16.1 Å². The molecule has 6 nitrogen and oxygen atoms in total. The number of nitrogens with one attached hydrogen (secondary N) is 1. The van der Waals surface area contributed by atoms with Gasteiger partial charge in [-0.1, -0.05) is 0 Å². The van der Waals surface area contributed by atoms with Crippen molar-refractivity contribution in [1.29, 1.82) is 0 Å². The van der Waals surface area contributed by atoms with E-state index < -0.39 is 5.41 Å². The molecule has 0 radical (unpaired) electrons. The smallest absolute Gasteiger partial charge is 0.313 e. The van der Waals surface area contributed by atoms with Crippen molar-refractivity contribution in [3.8, 4) is 0 Å². The summed E-state index contributed by atoms with van der Waals surface area (Å²) in [4.78, 5) is 23.2. The summed E-state index contributed by atoms with van der Waals surface area (Å²) in [6.07, 6.45) is 1.34. The van der Waals surface area contributed by atoms with E-state index in [1.807, 2.05) is 0 Å². The lowest BCUT2D eigenvalue weighted by atomic mass is 9.93. The van der Waals surface area contributed by atoms with Crippen LogP contribution in [0.1, 0.15) is 30.0 Å². The van der Waals surface area contributed by atoms with E-state index in [0.29, 0.717) is 11.3 Å². The van der Waals surface area contributed by atoms with Crippen LogP contribution < -0.4 is 11.1 Å². The largest absolute Gasteiger partial charge is 0.469 e. The fourth-order valence-electron chi connectivity index (χ4n) is 1.36. The highest BCUT2D eigenvalue weighted by Gasteiger charge is 2.29. The molecule has 0 bridgehead atoms. The average Bonchev–Trinajstić information content (AvgIpc) is 2.83. The van der Waals surface area contributed by atoms with Crippen molar-refractivity contribution in [3.63, 3.8) is 0 Å². The van der Waals surface area contributed by atoms with Crippen LogP contribution in [-0.4, -0.2) is 25.5 Å². The maximum atomic E-state index is 11.8. The van der Waals surface area contributed by atoms with Gasteiger partial charge in [-0.2, -0.15) is 0 Å². The Morgan fingerprint density at radius 3 is 2.67 bits per heavy atom. The third-order valence-electron chi connectivity index (χ3n) is 2.55. The van der Waals surface area contributed by atoms with Crippen molar-refractivity contribution >= 4 is 11.9 Å². The van der Waals surface area contributed by atoms with E-state index in [2.05, 4.69) is 10.1 Å². The molecular formula is C12H18N2O4. The Hall–Kier alpha value is -1.82. The monoisotopic (exact) mass is 254 g/mol. The molecule has 0 spiro atoms. The van der Waals surface area contributed by atoms with E-state index in [1.54, 1.807) is 19.9 Å². The molecule has 0 aliphatic carbocycles. The number of amides is 1. The predicted octanol–water partition coefficient (Wildman–Crippen LogP) is 0.667. The van der Waals surface area contributed by atoms with Gasteiger partial charge in [0.25, 0.3) is 5.91 Å². The minimum Gasteiger partial charge on any atom is -0.469 e. The van der Waals surface area contributed by atoms with Crippen LogP contribution in [0.2, 0.25) is 0 Å². The molecule has 1 aromatic heterocycles. The highest BCUT2D eigenvalue weighted by molar-refractivity contribution is 5.94. The molecule has 1 amide bonds. The maximum absolute atomic E-state index is 11.8. The third kappa shape index (κ3) is 3.33. The molecule has 100 valence electrons. The van der Waals surface area contributed by atoms with Gasteiger partial charge in [0.05, 0.1) is 24.6 Å². The third-order valence-corrected chi connectivity index (χ3v) is 2.55. The van der Waals surface area contributed by atoms with Crippen LogP contribution in [0.25, 0.3) is 0 Å². The molecule has 0 unspecified atom stereocenters. The second-order valence-electron chi connectivity index (χ2n) is 4.56. The highest BCUT2D eigenvalue weighted by Crippen LogP contribution is 2.16. The number of nitrogens with two attached hydrogens (primary N) is 1. The topological polar surface area (TPSA) is 94.6 Å². The molecule has 18 heavy (non-hydrogen) atoms. The summed E-state index contributed by atoms with van der Waals surface area (Å²) in [5.74, 6) is -0.152. The van der Waals surface area contributed by atoms with Crippen molar-refractivity contribution in [1.82, 2.24) is 5.32 Å². The van der Waals surface area contributed by atoms with Gasteiger partial charge in [-0.15, -0.1) is 0 Å². The molecule has 0 aliphatic rings. The first-order valence-electron chi connectivity index (χ1n) is 5.55. The van der Waals surface area contributed by atoms with Crippen LogP contribution in [0.4, 0.5) is 0 Å². The number of carbonyl (C=O) groups is 2. The Bertz CT molecular complexity index is 437. The normalized spacial score (nSPS) is 11.1. The average molecular weight is 254 g/mol. The fourth-order valence-corrected chi connectivity index (χ4v) is 1.36. The van der Waals surface area contributed by atoms with Gasteiger partial charge in [-0.05, 0) is 19.9 Å². The lowest BCUT2D eigenvalue weighted by Gasteiger charge is -2.21. The molecule has 0 aliphatic heterocycles. The van der Waals surface area contributed by atoms with E-state index in [4.69, 9.17) is 10.2 Å². The zero-order valence-electron chi connectivity index (χ0n) is 10.8. The second kappa shape index (κ2) is 5.68. The minimum atomic E-state index is -0.773. The Labute approximate surface area is 105 Å². The van der Waals surface area contributed by atoms with Crippen molar-refractivity contribution < 1.29 is 18.7 Å². The first-order chi connectivity index (χ1) is 8.40. The van der Waals surface area contributed by atoms with E-state index in [0.717, 1.165) is 0 Å². The number of furan rings is 1. The van der Waals surface area contributed by atoms with Gasteiger partial charge in [0.1, 0.15) is 12.0 Å². The Kier molecular flexibility index (Phi) is 4.49. The quantitative estimate of drug-likeness (QED) is 0.753. The van der Waals surface area contributed by atoms with E-state index in [-0.39, 0.29) is 25.0 Å². The Balaban J connectivity index is 2.58. The first-order valence-corrected chi connectivity index (χ1v) is 5.55. The highest BCUT2D eigenvalue weighted by atomic mass is 16.5. The summed E-state index contributed by atoms with van der Waals surface area (Å²) in [7, 11) is 1.31. The van der Waals surface area contributed by atoms with Gasteiger partial charge in [0, 0.05) is 6.54 Å². The number of rotatable bonds is 5. The Morgan fingerprint density at radius 2 is 2.17 bits per heavy atom. The van der Waals surface area contributed by atoms with Crippen LogP contribution >= 0.6 is 0 Å². The van der Waals surface area contributed by atoms with Gasteiger partial charge in [-0.25, -0.2) is 0 Å². The van der Waals surface area contributed by atoms with Crippen molar-refractivity contribution in [2.45, 2.75) is 20.4 Å². The summed E-state index contributed by atoms with van der Waals surface area (Å²) in [5, 5.41) is 2.65. The Morgan fingerprint density at radius 1 is 1.50 bits per heavy atom. The summed E-state index contributed by atoms with van der Waals surface area (Å²) in [6, 6.07) is 1.57. The van der Waals surface area contributed by atoms with Gasteiger partial charge < -0.3 is 20.2 Å². The molecule has 1 aromatic rings. The molecule has 1 heterocycles. The molecule has 0 saturated heterocycles. The zero-order chi connectivity index (χ0) is 13.8. The van der Waals surface area contributed by atoms with Gasteiger partial charge in [0.15, 0.2) is 0 Å². The number of carbonyl (C=O) groups excluding carboxylic acids is 2. The van der Waals surface area contributed by atoms with E-state index >= 15 is 0 Å². The lowest BCUT2D eigenvalue weighted by Crippen LogP contribution is -2.39. The van der Waals surface area contributed by atoms with E-state index in [9.17, 15) is 9.59 Å². The van der Waals surface area contributed by atoms with Crippen LogP contribution in [0.5, 0.6) is 0 Å². The van der Waals surface area contributed by atoms with Crippen molar-refractivity contribution in [2.75, 3.05) is 13.7 Å². The first kappa shape index (κ1) is 14.2. The number of ether oxygens (including phenoxy) is 1. The van der Waals surface area contributed by atoms with Crippen LogP contribution in [0, 0.1) is 5.41 Å². The molecule has 0 atom stereocenters. The van der Waals surface area contributed by atoms with Crippen molar-refractivity contribution in [2.24, 2.45) is 11.1 Å². The fraction of sp³-hybridized carbons (Fsp3) is 0.500. The molecule has 3 N–H and O–H groups in total. The molecular weight excluding hydrogens is 236 g/mol. The van der Waals surface area contributed by atoms with Crippen LogP contribution in [0.15, 0.2) is 16.7 Å². The van der Waals surface area contributed by atoms with Gasteiger partial charge >= 0.3 is 5.97 Å². The molecule has 6 heteroatoms. The summed E-state index contributed by atoms with van der Waals surface area (Å²) in [6.45, 7) is 3.81. The summed E-state index contributed by atoms with van der Waals surface area (Å²) < 4.78 is 9.71. The molecule has 0 aromatic carbocycles. The number of methoxy groups -OCH3 is 1. The number of hydrogen-bond donors (Lipinski definition) is 2. The van der Waals surface area contributed by atoms with Gasteiger partial charge in [-0.3, -0.25) is 9.59 Å². The SMILES string of the molecule is COC(=O)C(C)(C)CNC(=O)c1coc(CN)c1. The standard InChI is InChI=1S/C12H18N2O4/c1-12(2,11(16)17-3)7-14-10(15)8-4-9(5-13)18-6-8/h4,6H,5,7,13H2,1-3H3,(H,14,15). The molecule has 0 saturated carbocycles. The van der Waals surface area contributed by atoms with Crippen molar-refractivity contribution in [3.05, 3.63) is 23.7 Å².